The molecule has 0 amide bonds. The van der Waals surface area contributed by atoms with Crippen LogP contribution in [-0.4, -0.2) is 27.1 Å². The molecule has 0 aliphatic heterocycles. The average Bonchev–Trinajstić information content (AvgIpc) is 2.89. The summed E-state index contributed by atoms with van der Waals surface area (Å²) in [4.78, 5) is 0. The van der Waals surface area contributed by atoms with Crippen molar-refractivity contribution in [3.63, 3.8) is 0 Å². The molecule has 0 aromatic carbocycles. The molecule has 72 valence electrons. The Morgan fingerprint density at radius 1 is 1.54 bits per heavy atom. The first kappa shape index (κ1) is 9.02. The highest BCUT2D eigenvalue weighted by Gasteiger charge is 2.29. The van der Waals surface area contributed by atoms with Gasteiger partial charge in [0.25, 0.3) is 0 Å². The first-order chi connectivity index (χ1) is 6.33. The lowest BCUT2D eigenvalue weighted by Gasteiger charge is -2.00. The van der Waals surface area contributed by atoms with E-state index in [9.17, 15) is 0 Å². The lowest BCUT2D eigenvalue weighted by atomic mass is 10.4. The predicted octanol–water partition coefficient (Wildman–Crippen LogP) is 0.743. The van der Waals surface area contributed by atoms with Gasteiger partial charge < -0.3 is 10.3 Å². The van der Waals surface area contributed by atoms with E-state index in [1.807, 2.05) is 7.05 Å². The van der Waals surface area contributed by atoms with Crippen LogP contribution in [0.2, 0.25) is 0 Å². The number of thioether (sulfide) groups is 1. The number of hydrogen-bond acceptors (Lipinski definition) is 4. The first-order valence-corrected chi connectivity index (χ1v) is 5.53. The minimum Gasteiger partial charge on any atom is -0.330 e. The van der Waals surface area contributed by atoms with Gasteiger partial charge >= 0.3 is 0 Å². The van der Waals surface area contributed by atoms with Gasteiger partial charge in [0.15, 0.2) is 5.16 Å². The fourth-order valence-electron chi connectivity index (χ4n) is 1.30. The van der Waals surface area contributed by atoms with Crippen LogP contribution in [0.3, 0.4) is 0 Å². The van der Waals surface area contributed by atoms with Gasteiger partial charge in [-0.3, -0.25) is 0 Å². The molecule has 1 heterocycles. The standard InChI is InChI=1S/C8H14N4S/c1-12-7(6-2-3-6)10-11-8(12)13-5-4-9/h6H,2-5,9H2,1H3. The Hall–Kier alpha value is -0.550. The van der Waals surface area contributed by atoms with Crippen molar-refractivity contribution in [2.75, 3.05) is 12.3 Å². The van der Waals surface area contributed by atoms with E-state index in [1.165, 1.54) is 12.8 Å². The molecule has 0 radical (unpaired) electrons. The monoisotopic (exact) mass is 198 g/mol. The molecule has 1 aliphatic rings. The Morgan fingerprint density at radius 2 is 2.31 bits per heavy atom. The second-order valence-corrected chi connectivity index (χ2v) is 4.37. The van der Waals surface area contributed by atoms with Gasteiger partial charge in [-0.05, 0) is 12.8 Å². The molecule has 0 atom stereocenters. The zero-order chi connectivity index (χ0) is 9.26. The Bertz CT molecular complexity index is 292. The number of hydrogen-bond donors (Lipinski definition) is 1. The van der Waals surface area contributed by atoms with Crippen molar-refractivity contribution in [1.29, 1.82) is 0 Å². The molecule has 1 saturated carbocycles. The molecular formula is C8H14N4S. The SMILES string of the molecule is Cn1c(SCCN)nnc1C1CC1. The maximum absolute atomic E-state index is 5.43. The van der Waals surface area contributed by atoms with Crippen molar-refractivity contribution < 1.29 is 0 Å². The van der Waals surface area contributed by atoms with E-state index in [-0.39, 0.29) is 0 Å². The van der Waals surface area contributed by atoms with E-state index in [0.717, 1.165) is 16.7 Å². The molecule has 0 spiro atoms. The van der Waals surface area contributed by atoms with E-state index in [2.05, 4.69) is 14.8 Å². The van der Waals surface area contributed by atoms with Crippen LogP contribution in [0, 0.1) is 0 Å². The Labute approximate surface area is 81.9 Å². The second kappa shape index (κ2) is 3.67. The summed E-state index contributed by atoms with van der Waals surface area (Å²) in [5, 5.41) is 9.31. The van der Waals surface area contributed by atoms with Gasteiger partial charge in [-0.1, -0.05) is 11.8 Å². The van der Waals surface area contributed by atoms with E-state index in [1.54, 1.807) is 11.8 Å². The van der Waals surface area contributed by atoms with Crippen molar-refractivity contribution in [3.8, 4) is 0 Å². The molecule has 2 N–H and O–H groups in total. The number of nitrogens with zero attached hydrogens (tertiary/aromatic N) is 3. The van der Waals surface area contributed by atoms with Crippen LogP contribution < -0.4 is 5.73 Å². The quantitative estimate of drug-likeness (QED) is 0.725. The van der Waals surface area contributed by atoms with Crippen molar-refractivity contribution in [2.24, 2.45) is 12.8 Å². The molecule has 1 aromatic rings. The third-order valence-electron chi connectivity index (χ3n) is 2.16. The molecule has 4 nitrogen and oxygen atoms in total. The van der Waals surface area contributed by atoms with E-state index in [4.69, 9.17) is 5.73 Å². The molecule has 1 aromatic heterocycles. The molecule has 0 unspecified atom stereocenters. The zero-order valence-corrected chi connectivity index (χ0v) is 8.55. The summed E-state index contributed by atoms with van der Waals surface area (Å²) in [5.41, 5.74) is 5.43. The number of rotatable bonds is 4. The first-order valence-electron chi connectivity index (χ1n) is 4.55. The van der Waals surface area contributed by atoms with Crippen LogP contribution in [0.25, 0.3) is 0 Å². The van der Waals surface area contributed by atoms with Gasteiger partial charge in [0, 0.05) is 25.3 Å². The minimum atomic E-state index is 0.671. The smallest absolute Gasteiger partial charge is 0.191 e. The van der Waals surface area contributed by atoms with Crippen molar-refractivity contribution >= 4 is 11.8 Å². The summed E-state index contributed by atoms with van der Waals surface area (Å²) >= 11 is 1.68. The highest BCUT2D eigenvalue weighted by atomic mass is 32.2. The molecule has 1 aliphatic carbocycles. The van der Waals surface area contributed by atoms with Gasteiger partial charge in [0.1, 0.15) is 5.82 Å². The Morgan fingerprint density at radius 3 is 2.92 bits per heavy atom. The number of nitrogens with two attached hydrogens (primary N) is 1. The lowest BCUT2D eigenvalue weighted by molar-refractivity contribution is 0.736. The highest BCUT2D eigenvalue weighted by molar-refractivity contribution is 7.99. The summed E-state index contributed by atoms with van der Waals surface area (Å²) in [6.07, 6.45) is 2.54. The largest absolute Gasteiger partial charge is 0.330 e. The Balaban J connectivity index is 2.08. The van der Waals surface area contributed by atoms with Gasteiger partial charge in [-0.15, -0.1) is 10.2 Å². The van der Waals surface area contributed by atoms with Gasteiger partial charge in [0.05, 0.1) is 0 Å². The third-order valence-corrected chi connectivity index (χ3v) is 3.21. The Kier molecular flexibility index (Phi) is 2.55. The van der Waals surface area contributed by atoms with Crippen LogP contribution in [-0.2, 0) is 7.05 Å². The highest BCUT2D eigenvalue weighted by Crippen LogP contribution is 2.39. The molecule has 2 rings (SSSR count). The zero-order valence-electron chi connectivity index (χ0n) is 7.73. The minimum absolute atomic E-state index is 0.671. The van der Waals surface area contributed by atoms with Crippen molar-refractivity contribution in [1.82, 2.24) is 14.8 Å². The van der Waals surface area contributed by atoms with E-state index >= 15 is 0 Å². The lowest BCUT2D eigenvalue weighted by Crippen LogP contribution is -2.03. The normalized spacial score (nSPS) is 16.5. The molecule has 1 fully saturated rings. The third kappa shape index (κ3) is 1.86. The van der Waals surface area contributed by atoms with Crippen molar-refractivity contribution in [3.05, 3.63) is 5.82 Å². The van der Waals surface area contributed by atoms with Crippen LogP contribution in [0.1, 0.15) is 24.6 Å². The summed E-state index contributed by atoms with van der Waals surface area (Å²) < 4.78 is 2.10. The molecule has 0 saturated heterocycles. The fraction of sp³-hybridized carbons (Fsp3) is 0.750. The second-order valence-electron chi connectivity index (χ2n) is 3.31. The molecule has 0 bridgehead atoms. The maximum Gasteiger partial charge on any atom is 0.191 e. The van der Waals surface area contributed by atoms with Crippen LogP contribution >= 0.6 is 11.8 Å². The van der Waals surface area contributed by atoms with Gasteiger partial charge in [0.2, 0.25) is 0 Å². The van der Waals surface area contributed by atoms with Crippen molar-refractivity contribution in [2.45, 2.75) is 23.9 Å². The summed E-state index contributed by atoms with van der Waals surface area (Å²) in [5.74, 6) is 2.72. The van der Waals surface area contributed by atoms with Crippen LogP contribution in [0.5, 0.6) is 0 Å². The molecule has 13 heavy (non-hydrogen) atoms. The molecular weight excluding hydrogens is 184 g/mol. The van der Waals surface area contributed by atoms with Crippen LogP contribution in [0.4, 0.5) is 0 Å². The van der Waals surface area contributed by atoms with E-state index in [0.29, 0.717) is 12.5 Å². The average molecular weight is 198 g/mol. The molecule has 5 heteroatoms. The van der Waals surface area contributed by atoms with E-state index < -0.39 is 0 Å². The summed E-state index contributed by atoms with van der Waals surface area (Å²) in [6, 6.07) is 0. The summed E-state index contributed by atoms with van der Waals surface area (Å²) in [6.45, 7) is 0.691. The van der Waals surface area contributed by atoms with Gasteiger partial charge in [-0.25, -0.2) is 0 Å². The maximum atomic E-state index is 5.43. The fourth-order valence-corrected chi connectivity index (χ4v) is 1.99. The topological polar surface area (TPSA) is 56.7 Å². The predicted molar refractivity (Wildman–Crippen MR) is 52.8 cm³/mol. The van der Waals surface area contributed by atoms with Gasteiger partial charge in [-0.2, -0.15) is 0 Å². The number of aromatic nitrogens is 3. The van der Waals surface area contributed by atoms with Crippen LogP contribution in [0.15, 0.2) is 5.16 Å². The summed E-state index contributed by atoms with van der Waals surface area (Å²) in [7, 11) is 2.03.